The van der Waals surface area contributed by atoms with Crippen molar-refractivity contribution >= 4 is 26.7 Å². The molecule has 1 heterocycles. The molecule has 328 valence electrons. The fourth-order valence-electron chi connectivity index (χ4n) is 7.01. The Hall–Kier alpha value is -2.47. The monoisotopic (exact) mass is 824 g/mol. The molecule has 0 amide bonds. The van der Waals surface area contributed by atoms with Crippen molar-refractivity contribution in [2.75, 3.05) is 118 Å². The lowest BCUT2D eigenvalue weighted by Gasteiger charge is -2.32. The highest BCUT2D eigenvalue weighted by molar-refractivity contribution is 6.60. The van der Waals surface area contributed by atoms with Crippen molar-refractivity contribution in [3.63, 3.8) is 0 Å². The Labute approximate surface area is 345 Å². The third-order valence-corrected chi connectivity index (χ3v) is 13.0. The van der Waals surface area contributed by atoms with E-state index >= 15 is 0 Å². The number of rotatable bonds is 26. The molecule has 15 heteroatoms. The number of carbonyl (C=O) groups excluding carboxylic acids is 3. The average molecular weight is 824 g/mol. The van der Waals surface area contributed by atoms with Crippen LogP contribution in [0.25, 0.3) is 0 Å². The molecule has 0 unspecified atom stereocenters. The minimum atomic E-state index is -2.63. The molecule has 0 spiro atoms. The molecule has 1 aliphatic heterocycles. The second-order valence-electron chi connectivity index (χ2n) is 14.3. The van der Waals surface area contributed by atoms with E-state index in [1.165, 1.54) is 11.1 Å². The van der Waals surface area contributed by atoms with Gasteiger partial charge in [-0.05, 0) is 105 Å². The Balaban J connectivity index is 2.11. The maximum atomic E-state index is 12.3. The van der Waals surface area contributed by atoms with Gasteiger partial charge in [-0.15, -0.1) is 0 Å². The van der Waals surface area contributed by atoms with Gasteiger partial charge in [0.1, 0.15) is 0 Å². The summed E-state index contributed by atoms with van der Waals surface area (Å²) in [5, 5.41) is 3.58. The van der Waals surface area contributed by atoms with Crippen LogP contribution in [0, 0.1) is 0 Å². The SMILES string of the molecule is CCOC(=O)CCN1CCCN(CCC(=O)OCC)CCN(Cc2ccc(CNCCC[Si](OCC)(OCC)OCC)cc2)CCCN(CCC(=O)OCC)CC1. The zero-order valence-electron chi connectivity index (χ0n) is 36.4. The Bertz CT molecular complexity index is 1200. The number of nitrogens with zero attached hydrogens (tertiary/aromatic N) is 4. The van der Waals surface area contributed by atoms with Crippen molar-refractivity contribution in [3.05, 3.63) is 35.4 Å². The molecule has 57 heavy (non-hydrogen) atoms. The highest BCUT2D eigenvalue weighted by atomic mass is 28.4. The summed E-state index contributed by atoms with van der Waals surface area (Å²) < 4.78 is 33.7. The predicted octanol–water partition coefficient (Wildman–Crippen LogP) is 4.58. The topological polar surface area (TPSA) is 132 Å². The Morgan fingerprint density at radius 1 is 0.544 bits per heavy atom. The van der Waals surface area contributed by atoms with E-state index in [1.807, 2.05) is 41.5 Å². The lowest BCUT2D eigenvalue weighted by Crippen LogP contribution is -2.46. The smallest absolute Gasteiger partial charge is 0.466 e. The maximum Gasteiger partial charge on any atom is 0.500 e. The molecule has 0 aliphatic carbocycles. The second kappa shape index (κ2) is 31.4. The third kappa shape index (κ3) is 23.0. The fourth-order valence-corrected chi connectivity index (χ4v) is 9.62. The van der Waals surface area contributed by atoms with Crippen LogP contribution < -0.4 is 5.32 Å². The van der Waals surface area contributed by atoms with Crippen LogP contribution in [0.1, 0.15) is 91.2 Å². The first-order valence-electron chi connectivity index (χ1n) is 21.8. The molecule has 1 aromatic carbocycles. The molecule has 1 aromatic rings. The Morgan fingerprint density at radius 2 is 0.930 bits per heavy atom. The number of hydrogen-bond acceptors (Lipinski definition) is 14. The van der Waals surface area contributed by atoms with Crippen LogP contribution in [-0.4, -0.2) is 164 Å². The van der Waals surface area contributed by atoms with E-state index in [-0.39, 0.29) is 17.9 Å². The van der Waals surface area contributed by atoms with Gasteiger partial charge >= 0.3 is 26.7 Å². The highest BCUT2D eigenvalue weighted by Gasteiger charge is 2.39. The molecule has 0 bridgehead atoms. The molecular formula is C42H77N5O9Si. The lowest BCUT2D eigenvalue weighted by molar-refractivity contribution is -0.144. The van der Waals surface area contributed by atoms with E-state index in [1.54, 1.807) is 0 Å². The van der Waals surface area contributed by atoms with Gasteiger partial charge in [-0.1, -0.05) is 24.3 Å². The lowest BCUT2D eigenvalue weighted by atomic mass is 10.1. The zero-order valence-corrected chi connectivity index (χ0v) is 37.4. The standard InChI is InChI=1S/C42H77N5O9Si/c1-7-51-40(48)20-28-44-24-14-25-46(30-22-42(50)53-9-3)33-34-47(27-15-26-45(32-31-44)29-21-41(49)52-8-2)37-39-18-16-38(17-19-39)36-43-23-13-35-57(54-10-4,55-11-5)56-12-6/h16-19,43H,7-15,20-37H2,1-6H3. The van der Waals surface area contributed by atoms with Gasteiger partial charge in [0.2, 0.25) is 0 Å². The largest absolute Gasteiger partial charge is 0.500 e. The molecular weight excluding hydrogens is 747 g/mol. The second-order valence-corrected chi connectivity index (χ2v) is 17.0. The summed E-state index contributed by atoms with van der Waals surface area (Å²) >= 11 is 0. The van der Waals surface area contributed by atoms with Gasteiger partial charge in [0.15, 0.2) is 0 Å². The minimum absolute atomic E-state index is 0.168. The van der Waals surface area contributed by atoms with Crippen LogP contribution in [0.4, 0.5) is 0 Å². The van der Waals surface area contributed by atoms with Gasteiger partial charge in [-0.25, -0.2) is 0 Å². The van der Waals surface area contributed by atoms with Crippen molar-refractivity contribution in [2.45, 2.75) is 99.2 Å². The van der Waals surface area contributed by atoms with Gasteiger partial charge in [-0.3, -0.25) is 19.3 Å². The summed E-state index contributed by atoms with van der Waals surface area (Å²) in [6.45, 7) is 25.4. The third-order valence-electron chi connectivity index (χ3n) is 9.86. The van der Waals surface area contributed by atoms with Crippen LogP contribution in [0.3, 0.4) is 0 Å². The minimum Gasteiger partial charge on any atom is -0.466 e. The van der Waals surface area contributed by atoms with Crippen molar-refractivity contribution in [2.24, 2.45) is 0 Å². The van der Waals surface area contributed by atoms with E-state index < -0.39 is 8.80 Å². The summed E-state index contributed by atoms with van der Waals surface area (Å²) in [5.74, 6) is -0.525. The van der Waals surface area contributed by atoms with Gasteiger partial charge in [0.05, 0.1) is 39.1 Å². The molecule has 1 fully saturated rings. The summed E-state index contributed by atoms with van der Waals surface area (Å²) in [5.41, 5.74) is 2.50. The van der Waals surface area contributed by atoms with E-state index in [0.29, 0.717) is 78.5 Å². The fraction of sp³-hybridized carbons (Fsp3) is 0.786. The first kappa shape index (κ1) is 50.7. The van der Waals surface area contributed by atoms with Crippen LogP contribution >= 0.6 is 0 Å². The van der Waals surface area contributed by atoms with Gasteiger partial charge in [-0.2, -0.15) is 0 Å². The van der Waals surface area contributed by atoms with Crippen LogP contribution in [0.2, 0.25) is 6.04 Å². The Morgan fingerprint density at radius 3 is 1.33 bits per heavy atom. The van der Waals surface area contributed by atoms with Crippen LogP contribution in [0.5, 0.6) is 0 Å². The Kier molecular flexibility index (Phi) is 28.0. The predicted molar refractivity (Wildman–Crippen MR) is 226 cm³/mol. The molecule has 1 aliphatic rings. The summed E-state index contributed by atoms with van der Waals surface area (Å²) in [4.78, 5) is 46.5. The van der Waals surface area contributed by atoms with Gasteiger partial charge in [0, 0.05) is 84.8 Å². The van der Waals surface area contributed by atoms with E-state index in [4.69, 9.17) is 27.5 Å². The summed E-state index contributed by atoms with van der Waals surface area (Å²) in [7, 11) is -2.63. The van der Waals surface area contributed by atoms with Gasteiger partial charge < -0.3 is 47.5 Å². The van der Waals surface area contributed by atoms with E-state index in [2.05, 4.69) is 49.2 Å². The van der Waals surface area contributed by atoms with Crippen molar-refractivity contribution in [1.29, 1.82) is 0 Å². The summed E-state index contributed by atoms with van der Waals surface area (Å²) in [6.07, 6.45) is 3.82. The normalized spacial score (nSPS) is 16.2. The molecule has 0 radical (unpaired) electrons. The van der Waals surface area contributed by atoms with Gasteiger partial charge in [0.25, 0.3) is 0 Å². The number of ether oxygens (including phenoxy) is 3. The quantitative estimate of drug-likeness (QED) is 0.0606. The number of hydrogen-bond donors (Lipinski definition) is 1. The first-order valence-corrected chi connectivity index (χ1v) is 23.7. The van der Waals surface area contributed by atoms with Crippen LogP contribution in [0.15, 0.2) is 24.3 Å². The first-order chi connectivity index (χ1) is 27.7. The van der Waals surface area contributed by atoms with E-state index in [0.717, 1.165) is 97.3 Å². The van der Waals surface area contributed by atoms with E-state index in [9.17, 15) is 14.4 Å². The molecule has 0 saturated carbocycles. The van der Waals surface area contributed by atoms with Crippen molar-refractivity contribution in [1.82, 2.24) is 24.9 Å². The molecule has 2 rings (SSSR count). The number of benzene rings is 1. The highest BCUT2D eigenvalue weighted by Crippen LogP contribution is 2.18. The molecule has 0 aromatic heterocycles. The van der Waals surface area contributed by atoms with Crippen molar-refractivity contribution < 1.29 is 41.9 Å². The zero-order chi connectivity index (χ0) is 41.6. The number of esters is 3. The molecule has 0 atom stereocenters. The van der Waals surface area contributed by atoms with Crippen LogP contribution in [-0.2, 0) is 55.0 Å². The number of nitrogens with one attached hydrogen (secondary N) is 1. The average Bonchev–Trinajstić information content (AvgIpc) is 3.18. The number of carbonyl (C=O) groups is 3. The maximum absolute atomic E-state index is 12.3. The molecule has 1 N–H and O–H groups in total. The molecule has 1 saturated heterocycles. The van der Waals surface area contributed by atoms with Crippen molar-refractivity contribution in [3.8, 4) is 0 Å². The molecule has 14 nitrogen and oxygen atoms in total. The summed E-state index contributed by atoms with van der Waals surface area (Å²) in [6, 6.07) is 9.68.